The molecule has 2 heterocycles. The maximum atomic E-state index is 12.4. The number of amides is 3. The summed E-state index contributed by atoms with van der Waals surface area (Å²) < 4.78 is 0. The standard InChI is InChI=1S/C13H21N3O4/c1-10(17)14-5-7-15(8-6-14)13(20)16-4-2-3-11(9-16)12(18)19/h11H,2-9H2,1H3,(H,18,19)/t11-/m1/s1. The van der Waals surface area contributed by atoms with Gasteiger partial charge in [0, 0.05) is 46.2 Å². The summed E-state index contributed by atoms with van der Waals surface area (Å²) in [5, 5.41) is 9.05. The van der Waals surface area contributed by atoms with E-state index in [0.717, 1.165) is 6.42 Å². The summed E-state index contributed by atoms with van der Waals surface area (Å²) >= 11 is 0. The van der Waals surface area contributed by atoms with Crippen LogP contribution < -0.4 is 0 Å². The molecule has 0 spiro atoms. The molecule has 112 valence electrons. The molecule has 0 aromatic heterocycles. The molecule has 3 amide bonds. The molecule has 0 saturated carbocycles. The van der Waals surface area contributed by atoms with Crippen molar-refractivity contribution in [1.82, 2.24) is 14.7 Å². The van der Waals surface area contributed by atoms with Gasteiger partial charge >= 0.3 is 12.0 Å². The molecule has 2 aliphatic heterocycles. The molecule has 0 unspecified atom stereocenters. The smallest absolute Gasteiger partial charge is 0.320 e. The van der Waals surface area contributed by atoms with Gasteiger partial charge in [-0.2, -0.15) is 0 Å². The molecule has 0 aliphatic carbocycles. The molecular weight excluding hydrogens is 262 g/mol. The van der Waals surface area contributed by atoms with Gasteiger partial charge in [-0.05, 0) is 12.8 Å². The summed E-state index contributed by atoms with van der Waals surface area (Å²) in [6, 6.07) is -0.0980. The number of carbonyl (C=O) groups is 3. The summed E-state index contributed by atoms with van der Waals surface area (Å²) in [6.07, 6.45) is 1.37. The van der Waals surface area contributed by atoms with E-state index in [1.165, 1.54) is 6.92 Å². The first kappa shape index (κ1) is 14.6. The van der Waals surface area contributed by atoms with Crippen LogP contribution in [-0.4, -0.2) is 77.0 Å². The van der Waals surface area contributed by atoms with E-state index in [1.807, 2.05) is 0 Å². The molecular formula is C13H21N3O4. The number of urea groups is 1. The van der Waals surface area contributed by atoms with Crippen molar-refractivity contribution in [2.75, 3.05) is 39.3 Å². The first-order chi connectivity index (χ1) is 9.49. The molecule has 0 aromatic rings. The normalized spacial score (nSPS) is 23.6. The van der Waals surface area contributed by atoms with Crippen molar-refractivity contribution in [3.05, 3.63) is 0 Å². The van der Waals surface area contributed by atoms with Gasteiger partial charge in [0.05, 0.1) is 5.92 Å². The zero-order valence-corrected chi connectivity index (χ0v) is 11.7. The maximum absolute atomic E-state index is 12.4. The van der Waals surface area contributed by atoms with E-state index in [-0.39, 0.29) is 11.9 Å². The van der Waals surface area contributed by atoms with Crippen LogP contribution in [0.25, 0.3) is 0 Å². The number of carboxylic acid groups (broad SMARTS) is 1. The van der Waals surface area contributed by atoms with Crippen molar-refractivity contribution in [2.45, 2.75) is 19.8 Å². The number of carboxylic acids is 1. The minimum absolute atomic E-state index is 0.0287. The summed E-state index contributed by atoms with van der Waals surface area (Å²) in [5.74, 6) is -1.25. The fourth-order valence-electron chi connectivity index (χ4n) is 2.77. The Balaban J connectivity index is 1.88. The predicted molar refractivity (Wildman–Crippen MR) is 71.2 cm³/mol. The molecule has 0 bridgehead atoms. The molecule has 2 saturated heterocycles. The molecule has 0 aromatic carbocycles. The maximum Gasteiger partial charge on any atom is 0.320 e. The fourth-order valence-corrected chi connectivity index (χ4v) is 2.77. The number of aliphatic carboxylic acids is 1. The van der Waals surface area contributed by atoms with E-state index >= 15 is 0 Å². The van der Waals surface area contributed by atoms with Gasteiger partial charge in [-0.1, -0.05) is 0 Å². The van der Waals surface area contributed by atoms with E-state index in [0.29, 0.717) is 45.7 Å². The van der Waals surface area contributed by atoms with E-state index in [9.17, 15) is 14.4 Å². The summed E-state index contributed by atoms with van der Waals surface area (Å²) in [6.45, 7) is 4.59. The van der Waals surface area contributed by atoms with Gasteiger partial charge < -0.3 is 19.8 Å². The third kappa shape index (κ3) is 3.20. The lowest BCUT2D eigenvalue weighted by atomic mass is 9.98. The number of likely N-dealkylation sites (tertiary alicyclic amines) is 1. The second-order valence-corrected chi connectivity index (χ2v) is 5.40. The Morgan fingerprint density at radius 2 is 1.55 bits per heavy atom. The molecule has 2 rings (SSSR count). The van der Waals surface area contributed by atoms with Crippen LogP contribution in [0.1, 0.15) is 19.8 Å². The Morgan fingerprint density at radius 3 is 2.10 bits per heavy atom. The number of rotatable bonds is 1. The van der Waals surface area contributed by atoms with E-state index in [1.54, 1.807) is 14.7 Å². The van der Waals surface area contributed by atoms with Gasteiger partial charge in [0.2, 0.25) is 5.91 Å². The number of hydrogen-bond acceptors (Lipinski definition) is 3. The number of nitrogens with zero attached hydrogens (tertiary/aromatic N) is 3. The minimum Gasteiger partial charge on any atom is -0.481 e. The van der Waals surface area contributed by atoms with Crippen molar-refractivity contribution in [1.29, 1.82) is 0 Å². The number of piperazine rings is 1. The number of piperidine rings is 1. The lowest BCUT2D eigenvalue weighted by molar-refractivity contribution is -0.143. The second kappa shape index (κ2) is 6.11. The quantitative estimate of drug-likeness (QED) is 0.738. The Labute approximate surface area is 118 Å². The van der Waals surface area contributed by atoms with Crippen LogP contribution >= 0.6 is 0 Å². The second-order valence-electron chi connectivity index (χ2n) is 5.40. The van der Waals surface area contributed by atoms with Gasteiger partial charge in [-0.15, -0.1) is 0 Å². The van der Waals surface area contributed by atoms with Crippen LogP contribution in [0.5, 0.6) is 0 Å². The largest absolute Gasteiger partial charge is 0.481 e. The molecule has 1 N–H and O–H groups in total. The van der Waals surface area contributed by atoms with Crippen molar-refractivity contribution in [3.63, 3.8) is 0 Å². The Kier molecular flexibility index (Phi) is 4.46. The molecule has 2 fully saturated rings. The van der Waals surface area contributed by atoms with E-state index in [4.69, 9.17) is 5.11 Å². The van der Waals surface area contributed by atoms with Gasteiger partial charge in [0.25, 0.3) is 0 Å². The van der Waals surface area contributed by atoms with Crippen molar-refractivity contribution < 1.29 is 19.5 Å². The van der Waals surface area contributed by atoms with Gasteiger partial charge in [-0.3, -0.25) is 9.59 Å². The third-order valence-electron chi connectivity index (χ3n) is 4.04. The highest BCUT2D eigenvalue weighted by Gasteiger charge is 2.31. The average molecular weight is 283 g/mol. The number of hydrogen-bond donors (Lipinski definition) is 1. The Hall–Kier alpha value is -1.79. The highest BCUT2D eigenvalue weighted by atomic mass is 16.4. The van der Waals surface area contributed by atoms with Crippen LogP contribution in [0.15, 0.2) is 0 Å². The zero-order valence-electron chi connectivity index (χ0n) is 11.7. The number of carbonyl (C=O) groups excluding carboxylic acids is 2. The van der Waals surface area contributed by atoms with Crippen molar-refractivity contribution in [3.8, 4) is 0 Å². The van der Waals surface area contributed by atoms with Crippen LogP contribution in [0.2, 0.25) is 0 Å². The summed E-state index contributed by atoms with van der Waals surface area (Å²) in [7, 11) is 0. The minimum atomic E-state index is -0.830. The predicted octanol–water partition coefficient (Wildman–Crippen LogP) is 0.0671. The topological polar surface area (TPSA) is 81.2 Å². The highest BCUT2D eigenvalue weighted by molar-refractivity contribution is 5.77. The third-order valence-corrected chi connectivity index (χ3v) is 4.04. The molecule has 2 aliphatic rings. The molecule has 20 heavy (non-hydrogen) atoms. The van der Waals surface area contributed by atoms with Crippen LogP contribution in [0, 0.1) is 5.92 Å². The van der Waals surface area contributed by atoms with Crippen LogP contribution in [0.4, 0.5) is 4.79 Å². The van der Waals surface area contributed by atoms with Gasteiger partial charge in [-0.25, -0.2) is 4.79 Å². The van der Waals surface area contributed by atoms with Gasteiger partial charge in [0.15, 0.2) is 0 Å². The summed E-state index contributed by atoms with van der Waals surface area (Å²) in [5.41, 5.74) is 0. The van der Waals surface area contributed by atoms with Crippen molar-refractivity contribution >= 4 is 17.9 Å². The Bertz CT molecular complexity index is 404. The Morgan fingerprint density at radius 1 is 0.950 bits per heavy atom. The van der Waals surface area contributed by atoms with Crippen LogP contribution in [-0.2, 0) is 9.59 Å². The van der Waals surface area contributed by atoms with E-state index in [2.05, 4.69) is 0 Å². The molecule has 7 nitrogen and oxygen atoms in total. The van der Waals surface area contributed by atoms with Crippen LogP contribution in [0.3, 0.4) is 0 Å². The summed E-state index contributed by atoms with van der Waals surface area (Å²) in [4.78, 5) is 39.7. The monoisotopic (exact) mass is 283 g/mol. The fraction of sp³-hybridized carbons (Fsp3) is 0.769. The molecule has 0 radical (unpaired) electrons. The SMILES string of the molecule is CC(=O)N1CCN(C(=O)N2CCC[C@@H](C(=O)O)C2)CC1. The molecule has 7 heteroatoms. The van der Waals surface area contributed by atoms with E-state index < -0.39 is 11.9 Å². The van der Waals surface area contributed by atoms with Gasteiger partial charge in [0.1, 0.15) is 0 Å². The lowest BCUT2D eigenvalue weighted by Crippen LogP contribution is -2.55. The molecule has 1 atom stereocenters. The van der Waals surface area contributed by atoms with Crippen molar-refractivity contribution in [2.24, 2.45) is 5.92 Å². The average Bonchev–Trinajstić information content (AvgIpc) is 2.46. The first-order valence-corrected chi connectivity index (χ1v) is 7.01. The first-order valence-electron chi connectivity index (χ1n) is 7.01. The zero-order chi connectivity index (χ0) is 14.7. The highest BCUT2D eigenvalue weighted by Crippen LogP contribution is 2.18. The lowest BCUT2D eigenvalue weighted by Gasteiger charge is -2.39.